The van der Waals surface area contributed by atoms with Crippen molar-refractivity contribution in [2.75, 3.05) is 33.7 Å². The number of imidazole rings is 1. The summed E-state index contributed by atoms with van der Waals surface area (Å²) >= 11 is 0. The Labute approximate surface area is 126 Å². The van der Waals surface area contributed by atoms with Gasteiger partial charge in [-0.1, -0.05) is 0 Å². The van der Waals surface area contributed by atoms with Crippen LogP contribution in [0.4, 0.5) is 0 Å². The molecule has 0 saturated carbocycles. The number of hydrogen-bond acceptors (Lipinski definition) is 4. The van der Waals surface area contributed by atoms with Gasteiger partial charge in [-0.3, -0.25) is 4.90 Å². The first-order valence-electron chi connectivity index (χ1n) is 7.35. The highest BCUT2D eigenvalue weighted by molar-refractivity contribution is 7.86. The molecule has 3 aliphatic rings. The largest absolute Gasteiger partial charge is 0.347 e. The Bertz CT molecular complexity index is 571. The molecule has 0 aromatic carbocycles. The standard InChI is InChI=1S/C13H23N5O2S/c1-16(2)21(19,20)18-7-11-3-4-13(9-18)17(6-11)8-12-5-14-10-15-12/h5,10-11,13H,3-4,6-9H2,1-2H3,(H,14,15)/t11-,13-/m1/s1. The van der Waals surface area contributed by atoms with E-state index >= 15 is 0 Å². The highest BCUT2D eigenvalue weighted by atomic mass is 32.2. The monoisotopic (exact) mass is 313 g/mol. The lowest BCUT2D eigenvalue weighted by Crippen LogP contribution is -2.45. The van der Waals surface area contributed by atoms with Gasteiger partial charge in [-0.15, -0.1) is 0 Å². The van der Waals surface area contributed by atoms with Gasteiger partial charge in [0.15, 0.2) is 0 Å². The number of rotatable bonds is 4. The predicted octanol–water partition coefficient (Wildman–Crippen LogP) is 0.112. The molecule has 8 heteroatoms. The maximum atomic E-state index is 12.4. The van der Waals surface area contributed by atoms with Crippen LogP contribution in [-0.4, -0.2) is 71.7 Å². The van der Waals surface area contributed by atoms with Crippen molar-refractivity contribution in [3.63, 3.8) is 0 Å². The van der Waals surface area contributed by atoms with Crippen LogP contribution in [0.1, 0.15) is 18.5 Å². The summed E-state index contributed by atoms with van der Waals surface area (Å²) in [4.78, 5) is 9.58. The van der Waals surface area contributed by atoms with Crippen molar-refractivity contribution < 1.29 is 8.42 Å². The van der Waals surface area contributed by atoms with E-state index in [-0.39, 0.29) is 0 Å². The number of piperidine rings is 1. The molecule has 7 nitrogen and oxygen atoms in total. The quantitative estimate of drug-likeness (QED) is 0.856. The van der Waals surface area contributed by atoms with Crippen molar-refractivity contribution in [1.29, 1.82) is 0 Å². The Hall–Kier alpha value is -0.960. The third-order valence-electron chi connectivity index (χ3n) is 4.51. The van der Waals surface area contributed by atoms with E-state index in [0.29, 0.717) is 25.0 Å². The molecule has 4 rings (SSSR count). The predicted molar refractivity (Wildman–Crippen MR) is 79.7 cm³/mol. The molecule has 1 N–H and O–H groups in total. The van der Waals surface area contributed by atoms with Gasteiger partial charge < -0.3 is 4.98 Å². The Morgan fingerprint density at radius 3 is 2.81 bits per heavy atom. The third-order valence-corrected chi connectivity index (χ3v) is 6.38. The van der Waals surface area contributed by atoms with E-state index in [4.69, 9.17) is 0 Å². The molecule has 0 radical (unpaired) electrons. The van der Waals surface area contributed by atoms with E-state index in [1.54, 1.807) is 24.7 Å². The van der Waals surface area contributed by atoms with Crippen molar-refractivity contribution >= 4 is 10.2 Å². The Morgan fingerprint density at radius 2 is 2.14 bits per heavy atom. The van der Waals surface area contributed by atoms with Crippen molar-refractivity contribution in [1.82, 2.24) is 23.5 Å². The average molecular weight is 313 g/mol. The zero-order valence-corrected chi connectivity index (χ0v) is 13.4. The number of H-pyrrole nitrogens is 1. The molecule has 21 heavy (non-hydrogen) atoms. The van der Waals surface area contributed by atoms with Gasteiger partial charge in [0.05, 0.1) is 6.33 Å². The smallest absolute Gasteiger partial charge is 0.281 e. The van der Waals surface area contributed by atoms with Gasteiger partial charge in [0, 0.05) is 58.2 Å². The molecule has 1 aromatic heterocycles. The van der Waals surface area contributed by atoms with Gasteiger partial charge in [-0.05, 0) is 18.8 Å². The van der Waals surface area contributed by atoms with Gasteiger partial charge in [-0.2, -0.15) is 17.0 Å². The summed E-state index contributed by atoms with van der Waals surface area (Å²) in [7, 11) is -0.111. The summed E-state index contributed by atoms with van der Waals surface area (Å²) in [6.45, 7) is 3.00. The fourth-order valence-electron chi connectivity index (χ4n) is 3.34. The summed E-state index contributed by atoms with van der Waals surface area (Å²) in [6.07, 6.45) is 5.71. The summed E-state index contributed by atoms with van der Waals surface area (Å²) < 4.78 is 27.8. The molecule has 0 unspecified atom stereocenters. The van der Waals surface area contributed by atoms with Crippen LogP contribution in [0.5, 0.6) is 0 Å². The zero-order chi connectivity index (χ0) is 15.0. The zero-order valence-electron chi connectivity index (χ0n) is 12.6. The topological polar surface area (TPSA) is 72.5 Å². The van der Waals surface area contributed by atoms with E-state index in [1.165, 1.54) is 4.31 Å². The van der Waals surface area contributed by atoms with Crippen LogP contribution in [0.3, 0.4) is 0 Å². The highest BCUT2D eigenvalue weighted by Crippen LogP contribution is 2.30. The molecule has 2 bridgehead atoms. The number of hydrogen-bond donors (Lipinski definition) is 1. The second-order valence-corrected chi connectivity index (χ2v) is 8.35. The lowest BCUT2D eigenvalue weighted by atomic mass is 9.95. The SMILES string of the molecule is CN(C)S(=O)(=O)N1C[C@@H]2CC[C@H](C1)N(Cc1cnc[nH]1)C2. The fourth-order valence-corrected chi connectivity index (χ4v) is 4.56. The summed E-state index contributed by atoms with van der Waals surface area (Å²) in [5.74, 6) is 0.418. The summed E-state index contributed by atoms with van der Waals surface area (Å²) in [5, 5.41) is 0. The van der Waals surface area contributed by atoms with Gasteiger partial charge >= 0.3 is 0 Å². The number of nitrogens with one attached hydrogen (secondary N) is 1. The maximum Gasteiger partial charge on any atom is 0.281 e. The third kappa shape index (κ3) is 2.98. The van der Waals surface area contributed by atoms with Crippen LogP contribution in [0.15, 0.2) is 12.5 Å². The molecule has 0 aliphatic carbocycles. The normalized spacial score (nSPS) is 28.1. The van der Waals surface area contributed by atoms with Gasteiger partial charge in [-0.25, -0.2) is 4.98 Å². The molecular formula is C13H23N5O2S. The van der Waals surface area contributed by atoms with E-state index in [2.05, 4.69) is 14.9 Å². The highest BCUT2D eigenvalue weighted by Gasteiger charge is 2.39. The molecule has 3 fully saturated rings. The summed E-state index contributed by atoms with van der Waals surface area (Å²) in [6, 6.07) is 0.293. The Balaban J connectivity index is 1.76. The van der Waals surface area contributed by atoms with Gasteiger partial charge in [0.2, 0.25) is 0 Å². The second kappa shape index (κ2) is 5.68. The fraction of sp³-hybridized carbons (Fsp3) is 0.769. The van der Waals surface area contributed by atoms with E-state index < -0.39 is 10.2 Å². The molecule has 0 amide bonds. The van der Waals surface area contributed by atoms with Crippen LogP contribution in [0, 0.1) is 5.92 Å². The molecule has 0 spiro atoms. The second-order valence-electron chi connectivity index (χ2n) is 6.21. The lowest BCUT2D eigenvalue weighted by Gasteiger charge is -2.35. The first-order chi connectivity index (χ1) is 9.96. The molecule has 1 aromatic rings. The number of aromatic amines is 1. The number of nitrogens with zero attached hydrogens (tertiary/aromatic N) is 4. The van der Waals surface area contributed by atoms with Crippen LogP contribution < -0.4 is 0 Å². The van der Waals surface area contributed by atoms with E-state index in [9.17, 15) is 8.42 Å². The van der Waals surface area contributed by atoms with Crippen molar-refractivity contribution in [3.05, 3.63) is 18.2 Å². The van der Waals surface area contributed by atoms with Crippen molar-refractivity contribution in [3.8, 4) is 0 Å². The van der Waals surface area contributed by atoms with Gasteiger partial charge in [0.25, 0.3) is 10.2 Å². The van der Waals surface area contributed by atoms with E-state index in [1.807, 2.05) is 6.20 Å². The van der Waals surface area contributed by atoms with Crippen LogP contribution >= 0.6 is 0 Å². The molecule has 4 heterocycles. The van der Waals surface area contributed by atoms with Crippen LogP contribution in [-0.2, 0) is 16.8 Å². The number of fused-ring (bicyclic) bond motifs is 4. The molecule has 3 saturated heterocycles. The first kappa shape index (κ1) is 15.0. The molecule has 2 atom stereocenters. The van der Waals surface area contributed by atoms with Gasteiger partial charge in [0.1, 0.15) is 0 Å². The van der Waals surface area contributed by atoms with Crippen LogP contribution in [0.2, 0.25) is 0 Å². The minimum Gasteiger partial charge on any atom is -0.347 e. The minimum absolute atomic E-state index is 0.293. The first-order valence-corrected chi connectivity index (χ1v) is 8.75. The average Bonchev–Trinajstić information content (AvgIpc) is 2.76. The Kier molecular flexibility index (Phi) is 4.04. The molecule has 3 aliphatic heterocycles. The number of aromatic nitrogens is 2. The van der Waals surface area contributed by atoms with Crippen LogP contribution in [0.25, 0.3) is 0 Å². The maximum absolute atomic E-state index is 12.4. The van der Waals surface area contributed by atoms with E-state index in [0.717, 1.165) is 31.6 Å². The lowest BCUT2D eigenvalue weighted by molar-refractivity contribution is 0.124. The minimum atomic E-state index is -3.31. The molecular weight excluding hydrogens is 290 g/mol. The Morgan fingerprint density at radius 1 is 1.33 bits per heavy atom. The van der Waals surface area contributed by atoms with Crippen molar-refractivity contribution in [2.24, 2.45) is 5.92 Å². The van der Waals surface area contributed by atoms with Crippen molar-refractivity contribution in [2.45, 2.75) is 25.4 Å². The molecule has 118 valence electrons. The summed E-state index contributed by atoms with van der Waals surface area (Å²) in [5.41, 5.74) is 1.09.